The number of nitrogens with one attached hydrogen (secondary N) is 1. The molecule has 0 aromatic carbocycles. The first-order valence-electron chi connectivity index (χ1n) is 5.26. The Hall–Kier alpha value is -1.40. The van der Waals surface area contributed by atoms with E-state index in [0.29, 0.717) is 30.7 Å². The molecule has 0 fully saturated rings. The lowest BCUT2D eigenvalue weighted by atomic mass is 10.4. The highest BCUT2D eigenvalue weighted by atomic mass is 16.5. The van der Waals surface area contributed by atoms with Gasteiger partial charge in [0.05, 0.1) is 6.61 Å². The van der Waals surface area contributed by atoms with Crippen molar-refractivity contribution in [3.63, 3.8) is 0 Å². The Morgan fingerprint density at radius 3 is 2.81 bits per heavy atom. The van der Waals surface area contributed by atoms with E-state index in [9.17, 15) is 0 Å². The topological polar surface area (TPSA) is 82.3 Å². The van der Waals surface area contributed by atoms with Gasteiger partial charge in [-0.05, 0) is 0 Å². The molecule has 6 nitrogen and oxygen atoms in total. The van der Waals surface area contributed by atoms with Crippen LogP contribution in [0, 0.1) is 0 Å². The van der Waals surface area contributed by atoms with E-state index in [4.69, 9.17) is 15.3 Å². The fourth-order valence-corrected chi connectivity index (χ4v) is 1.16. The third-order valence-electron chi connectivity index (χ3n) is 1.96. The number of nitrogens with two attached hydrogens (primary N) is 1. The molecule has 0 radical (unpaired) electrons. The fourth-order valence-electron chi connectivity index (χ4n) is 1.16. The lowest BCUT2D eigenvalue weighted by Gasteiger charge is -2.08. The van der Waals surface area contributed by atoms with E-state index in [1.54, 1.807) is 13.2 Å². The minimum atomic E-state index is 0.538. The molecule has 3 N–H and O–H groups in total. The summed E-state index contributed by atoms with van der Waals surface area (Å²) in [6.45, 7) is 3.22. The standard InChI is InChI=1S/C10H18N4O2/c1-3-8-12-9(14-11)7-10(13-8)16-6-4-5-15-2/h7H,3-6,11H2,1-2H3,(H,12,13,14). The molecule has 0 aliphatic rings. The Kier molecular flexibility index (Phi) is 5.52. The van der Waals surface area contributed by atoms with Gasteiger partial charge in [0, 0.05) is 32.6 Å². The Labute approximate surface area is 95.1 Å². The summed E-state index contributed by atoms with van der Waals surface area (Å²) in [5.74, 6) is 7.11. The number of aromatic nitrogens is 2. The summed E-state index contributed by atoms with van der Waals surface area (Å²) < 4.78 is 10.4. The predicted octanol–water partition coefficient (Wildman–Crippen LogP) is 0.740. The van der Waals surface area contributed by atoms with Crippen molar-refractivity contribution in [3.8, 4) is 5.88 Å². The zero-order valence-corrected chi connectivity index (χ0v) is 9.69. The van der Waals surface area contributed by atoms with Crippen molar-refractivity contribution in [1.82, 2.24) is 9.97 Å². The van der Waals surface area contributed by atoms with Crippen LogP contribution in [0.2, 0.25) is 0 Å². The Bertz CT molecular complexity index is 297. The maximum Gasteiger partial charge on any atom is 0.218 e. The normalized spacial score (nSPS) is 10.2. The molecule has 0 saturated heterocycles. The molecule has 0 saturated carbocycles. The molecule has 1 aromatic rings. The van der Waals surface area contributed by atoms with Gasteiger partial charge in [-0.25, -0.2) is 10.8 Å². The number of ether oxygens (including phenoxy) is 2. The summed E-state index contributed by atoms with van der Waals surface area (Å²) >= 11 is 0. The van der Waals surface area contributed by atoms with Crippen LogP contribution in [0.4, 0.5) is 5.82 Å². The zero-order chi connectivity index (χ0) is 11.8. The number of hydrazine groups is 1. The van der Waals surface area contributed by atoms with Gasteiger partial charge in [-0.15, -0.1) is 0 Å². The average Bonchev–Trinajstić information content (AvgIpc) is 2.34. The summed E-state index contributed by atoms with van der Waals surface area (Å²) in [5.41, 5.74) is 2.49. The lowest BCUT2D eigenvalue weighted by molar-refractivity contribution is 0.170. The number of rotatable bonds is 7. The van der Waals surface area contributed by atoms with E-state index in [1.807, 2.05) is 6.92 Å². The second-order valence-electron chi connectivity index (χ2n) is 3.20. The van der Waals surface area contributed by atoms with Gasteiger partial charge in [0.15, 0.2) is 0 Å². The minimum absolute atomic E-state index is 0.538. The van der Waals surface area contributed by atoms with Crippen molar-refractivity contribution in [2.75, 3.05) is 25.7 Å². The summed E-state index contributed by atoms with van der Waals surface area (Å²) in [5, 5.41) is 0. The molecule has 1 rings (SSSR count). The molecule has 0 amide bonds. The van der Waals surface area contributed by atoms with Gasteiger partial charge >= 0.3 is 0 Å². The molecular formula is C10H18N4O2. The van der Waals surface area contributed by atoms with E-state index >= 15 is 0 Å². The molecule has 0 aliphatic heterocycles. The maximum atomic E-state index is 5.47. The van der Waals surface area contributed by atoms with Gasteiger partial charge in [0.25, 0.3) is 0 Å². The Balaban J connectivity index is 2.57. The second-order valence-corrected chi connectivity index (χ2v) is 3.20. The van der Waals surface area contributed by atoms with Crippen LogP contribution in [0.5, 0.6) is 5.88 Å². The van der Waals surface area contributed by atoms with E-state index < -0.39 is 0 Å². The summed E-state index contributed by atoms with van der Waals surface area (Å²) in [6, 6.07) is 1.67. The van der Waals surface area contributed by atoms with Crippen LogP contribution in [-0.2, 0) is 11.2 Å². The zero-order valence-electron chi connectivity index (χ0n) is 9.69. The van der Waals surface area contributed by atoms with Crippen molar-refractivity contribution in [3.05, 3.63) is 11.9 Å². The van der Waals surface area contributed by atoms with Gasteiger partial charge in [-0.3, -0.25) is 0 Å². The minimum Gasteiger partial charge on any atom is -0.477 e. The van der Waals surface area contributed by atoms with E-state index in [0.717, 1.165) is 12.8 Å². The van der Waals surface area contributed by atoms with Crippen LogP contribution in [0.15, 0.2) is 6.07 Å². The quantitative estimate of drug-likeness (QED) is 0.405. The highest BCUT2D eigenvalue weighted by Gasteiger charge is 2.03. The fraction of sp³-hybridized carbons (Fsp3) is 0.600. The molecule has 90 valence electrons. The number of nitrogens with zero attached hydrogens (tertiary/aromatic N) is 2. The van der Waals surface area contributed by atoms with E-state index in [2.05, 4.69) is 15.4 Å². The Morgan fingerprint density at radius 1 is 1.38 bits per heavy atom. The molecule has 1 aromatic heterocycles. The van der Waals surface area contributed by atoms with Crippen molar-refractivity contribution >= 4 is 5.82 Å². The van der Waals surface area contributed by atoms with Gasteiger partial charge < -0.3 is 14.9 Å². The van der Waals surface area contributed by atoms with Crippen molar-refractivity contribution in [1.29, 1.82) is 0 Å². The van der Waals surface area contributed by atoms with Crippen molar-refractivity contribution in [2.24, 2.45) is 5.84 Å². The molecule has 0 spiro atoms. The largest absolute Gasteiger partial charge is 0.477 e. The van der Waals surface area contributed by atoms with E-state index in [1.165, 1.54) is 0 Å². The van der Waals surface area contributed by atoms with Crippen LogP contribution in [-0.4, -0.2) is 30.3 Å². The summed E-state index contributed by atoms with van der Waals surface area (Å²) in [7, 11) is 1.66. The highest BCUT2D eigenvalue weighted by molar-refractivity contribution is 5.36. The Morgan fingerprint density at radius 2 is 2.19 bits per heavy atom. The van der Waals surface area contributed by atoms with Crippen LogP contribution in [0.25, 0.3) is 0 Å². The molecule has 6 heteroatoms. The van der Waals surface area contributed by atoms with Crippen LogP contribution >= 0.6 is 0 Å². The predicted molar refractivity (Wildman–Crippen MR) is 61.2 cm³/mol. The number of nitrogen functional groups attached to an aromatic ring is 1. The van der Waals surface area contributed by atoms with Gasteiger partial charge in [-0.2, -0.15) is 4.98 Å². The number of methoxy groups -OCH3 is 1. The van der Waals surface area contributed by atoms with Crippen molar-refractivity contribution in [2.45, 2.75) is 19.8 Å². The number of hydrogen-bond donors (Lipinski definition) is 2. The molecule has 1 heterocycles. The molecule has 0 bridgehead atoms. The maximum absolute atomic E-state index is 5.47. The molecular weight excluding hydrogens is 208 g/mol. The lowest BCUT2D eigenvalue weighted by Crippen LogP contribution is -2.11. The highest BCUT2D eigenvalue weighted by Crippen LogP contribution is 2.13. The third kappa shape index (κ3) is 4.00. The molecule has 0 atom stereocenters. The first-order chi connectivity index (χ1) is 7.80. The van der Waals surface area contributed by atoms with Crippen LogP contribution < -0.4 is 16.0 Å². The smallest absolute Gasteiger partial charge is 0.218 e. The van der Waals surface area contributed by atoms with E-state index in [-0.39, 0.29) is 0 Å². The van der Waals surface area contributed by atoms with Crippen LogP contribution in [0.1, 0.15) is 19.2 Å². The summed E-state index contributed by atoms with van der Waals surface area (Å²) in [4.78, 5) is 8.39. The van der Waals surface area contributed by atoms with Crippen LogP contribution in [0.3, 0.4) is 0 Å². The monoisotopic (exact) mass is 226 g/mol. The van der Waals surface area contributed by atoms with Gasteiger partial charge in [0.2, 0.25) is 5.88 Å². The number of hydrogen-bond acceptors (Lipinski definition) is 6. The summed E-state index contributed by atoms with van der Waals surface area (Å²) in [6.07, 6.45) is 1.57. The third-order valence-corrected chi connectivity index (χ3v) is 1.96. The molecule has 16 heavy (non-hydrogen) atoms. The second kappa shape index (κ2) is 6.97. The first-order valence-corrected chi connectivity index (χ1v) is 5.26. The molecule has 0 aliphatic carbocycles. The SMILES string of the molecule is CCc1nc(NN)cc(OCCCOC)n1. The van der Waals surface area contributed by atoms with Crippen molar-refractivity contribution < 1.29 is 9.47 Å². The average molecular weight is 226 g/mol. The molecule has 0 unspecified atom stereocenters. The van der Waals surface area contributed by atoms with Gasteiger partial charge in [-0.1, -0.05) is 6.92 Å². The number of aryl methyl sites for hydroxylation is 1. The van der Waals surface area contributed by atoms with Gasteiger partial charge in [0.1, 0.15) is 11.6 Å². The first kappa shape index (κ1) is 12.7. The number of anilines is 1.